The van der Waals surface area contributed by atoms with Crippen molar-refractivity contribution >= 4 is 45.7 Å². The largest absolute Gasteiger partial charge is 1.00 e. The highest BCUT2D eigenvalue weighted by Crippen LogP contribution is 2.55. The number of phenolic OH excluding ortho intramolecular Hbond substituents is 3. The first-order valence-electron chi connectivity index (χ1n) is 15.6. The van der Waals surface area contributed by atoms with Crippen LogP contribution in [0.1, 0.15) is 40.7 Å². The monoisotopic (exact) mass is 618 g/mol. The summed E-state index contributed by atoms with van der Waals surface area (Å²) in [6.07, 6.45) is 0. The Balaban J connectivity index is 0.00000324. The second-order valence-electron chi connectivity index (χ2n) is 13.1. The average molecular weight is 619 g/mol. The lowest BCUT2D eigenvalue weighted by molar-refractivity contribution is -0.116. The Hall–Kier alpha value is -5.45. The van der Waals surface area contributed by atoms with E-state index in [0.29, 0.717) is 50.8 Å². The lowest BCUT2D eigenvalue weighted by atomic mass is 9.87. The number of nitrogens with one attached hydrogen (secondary N) is 2. The zero-order valence-electron chi connectivity index (χ0n) is 26.9. The number of phenols is 3. The summed E-state index contributed by atoms with van der Waals surface area (Å²) in [5.74, 6) is -0.169. The van der Waals surface area contributed by atoms with Gasteiger partial charge in [-0.05, 0) is 41.5 Å². The summed E-state index contributed by atoms with van der Waals surface area (Å²) in [6, 6.07) is 15.2. The molecule has 1 unspecified atom stereocenters. The molecule has 0 saturated heterocycles. The van der Waals surface area contributed by atoms with Gasteiger partial charge in [0.15, 0.2) is 0 Å². The number of nitrogens with zero attached hydrogens (tertiary/aromatic N) is 5. The van der Waals surface area contributed by atoms with Gasteiger partial charge in [-0.1, -0.05) is 18.2 Å². The van der Waals surface area contributed by atoms with Crippen molar-refractivity contribution in [3.63, 3.8) is 0 Å². The number of hydrogen-bond acceptors (Lipinski definition) is 10. The third kappa shape index (κ3) is 3.50. The highest BCUT2D eigenvalue weighted by Gasteiger charge is 2.42. The van der Waals surface area contributed by atoms with Crippen LogP contribution in [0.5, 0.6) is 17.2 Å². The summed E-state index contributed by atoms with van der Waals surface area (Å²) in [5.41, 5.74) is 11.7. The molecule has 5 N–H and O–H groups in total. The second kappa shape index (κ2) is 9.29. The molecule has 4 aromatic rings. The molecule has 11 nitrogen and oxygen atoms in total. The Bertz CT molecular complexity index is 2020. The van der Waals surface area contributed by atoms with E-state index in [-0.39, 0.29) is 24.6 Å². The average Bonchev–Trinajstić information content (AvgIpc) is 3.35. The number of benzene rings is 4. The van der Waals surface area contributed by atoms with Crippen LogP contribution >= 0.6 is 0 Å². The van der Waals surface area contributed by atoms with Crippen molar-refractivity contribution in [3.05, 3.63) is 81.9 Å². The van der Waals surface area contributed by atoms with E-state index in [2.05, 4.69) is 30.2 Å². The second-order valence-corrected chi connectivity index (χ2v) is 13.1. The molecule has 4 aromatic carbocycles. The minimum Gasteiger partial charge on any atom is -0.506 e. The van der Waals surface area contributed by atoms with Crippen molar-refractivity contribution in [3.8, 4) is 17.2 Å². The minimum atomic E-state index is -0.621. The predicted octanol–water partition coefficient (Wildman–Crippen LogP) is 4.70. The van der Waals surface area contributed by atoms with Crippen LogP contribution in [0.3, 0.4) is 0 Å². The minimum absolute atomic E-state index is 0. The van der Waals surface area contributed by atoms with E-state index in [1.54, 1.807) is 6.07 Å². The van der Waals surface area contributed by atoms with E-state index in [0.717, 1.165) is 61.9 Å². The molecule has 0 aromatic heterocycles. The zero-order chi connectivity index (χ0) is 31.6. The summed E-state index contributed by atoms with van der Waals surface area (Å²) in [6.45, 7) is 3.44. The molecule has 4 bridgehead atoms. The van der Waals surface area contributed by atoms with Crippen LogP contribution < -0.4 is 35.1 Å². The first-order valence-corrected chi connectivity index (χ1v) is 15.6. The Labute approximate surface area is 268 Å². The molecule has 9 rings (SSSR count). The summed E-state index contributed by atoms with van der Waals surface area (Å²) >= 11 is 0. The SMILES string of the molecule is CNc1ccc(O)c2c1CN1CN2Cc2cc(O)c3c(c21)CN1CN3Cc2c1cc(C1C(=O)Nc3ccccc31)c(O)c2N(C)C.[H+]. The van der Waals surface area contributed by atoms with Crippen LogP contribution in [0, 0.1) is 0 Å². The molecule has 0 fully saturated rings. The third-order valence-corrected chi connectivity index (χ3v) is 10.3. The molecule has 234 valence electrons. The molecule has 1 atom stereocenters. The summed E-state index contributed by atoms with van der Waals surface area (Å²) in [4.78, 5) is 24.3. The lowest BCUT2D eigenvalue weighted by Gasteiger charge is -2.50. The molecule has 11 heteroatoms. The van der Waals surface area contributed by atoms with Gasteiger partial charge in [0.25, 0.3) is 0 Å². The van der Waals surface area contributed by atoms with Gasteiger partial charge in [-0.15, -0.1) is 0 Å². The van der Waals surface area contributed by atoms with E-state index in [4.69, 9.17) is 0 Å². The number of para-hydroxylation sites is 1. The van der Waals surface area contributed by atoms with Crippen molar-refractivity contribution in [2.24, 2.45) is 0 Å². The molecule has 46 heavy (non-hydrogen) atoms. The molecule has 0 saturated carbocycles. The van der Waals surface area contributed by atoms with Crippen LogP contribution in [0.2, 0.25) is 0 Å². The van der Waals surface area contributed by atoms with E-state index in [9.17, 15) is 20.1 Å². The van der Waals surface area contributed by atoms with Crippen LogP contribution in [-0.4, -0.2) is 55.7 Å². The van der Waals surface area contributed by atoms with Crippen molar-refractivity contribution in [1.29, 1.82) is 0 Å². The molecular formula is C35H36N7O4+. The number of hydrogen-bond donors (Lipinski definition) is 5. The Kier molecular flexibility index (Phi) is 5.43. The molecule has 5 aliphatic heterocycles. The molecule has 1 amide bonds. The van der Waals surface area contributed by atoms with Gasteiger partial charge in [-0.2, -0.15) is 0 Å². The predicted molar refractivity (Wildman–Crippen MR) is 181 cm³/mol. The standard InChI is InChI=1S/C35H35N7O4/c1-36-24-8-9-27(43)31-21(24)13-41-17-40(31)12-18-10-28(44)32-23(30(18)41)15-39-16-42(32)14-22-26(39)11-20(34(45)33(22)38(2)3)29-19-6-4-5-7-25(19)37-35(29)46/h4-11,29,36,43-45H,12-17H2,1-3H3,(H,37,46)/p+1. The molecule has 5 aliphatic rings. The summed E-state index contributed by atoms with van der Waals surface area (Å²) in [7, 11) is 5.72. The fourth-order valence-corrected chi connectivity index (χ4v) is 8.51. The van der Waals surface area contributed by atoms with Crippen LogP contribution in [0.4, 0.5) is 39.8 Å². The normalized spacial score (nSPS) is 18.3. The van der Waals surface area contributed by atoms with Crippen molar-refractivity contribution in [2.75, 3.05) is 69.6 Å². The van der Waals surface area contributed by atoms with Gasteiger partial charge in [-0.25, -0.2) is 0 Å². The number of rotatable bonds is 3. The van der Waals surface area contributed by atoms with Crippen molar-refractivity contribution < 1.29 is 21.5 Å². The number of carbonyl (C=O) groups is 1. The lowest BCUT2D eigenvalue weighted by Crippen LogP contribution is -2.50. The van der Waals surface area contributed by atoms with Crippen LogP contribution in [0.25, 0.3) is 0 Å². The van der Waals surface area contributed by atoms with Crippen molar-refractivity contribution in [1.82, 2.24) is 0 Å². The number of amides is 1. The maximum absolute atomic E-state index is 13.3. The number of aromatic hydroxyl groups is 3. The van der Waals surface area contributed by atoms with Crippen LogP contribution in [-0.2, 0) is 31.0 Å². The Morgan fingerprint density at radius 2 is 1.50 bits per heavy atom. The van der Waals surface area contributed by atoms with Crippen molar-refractivity contribution in [2.45, 2.75) is 32.1 Å². The first kappa shape index (κ1) is 26.9. The molecule has 0 spiro atoms. The third-order valence-electron chi connectivity index (χ3n) is 10.3. The number of fused-ring (bicyclic) bond motifs is 14. The fraction of sp³-hybridized carbons (Fsp3) is 0.286. The molecule has 0 aliphatic carbocycles. The molecule has 0 radical (unpaired) electrons. The van der Waals surface area contributed by atoms with E-state index < -0.39 is 5.92 Å². The van der Waals surface area contributed by atoms with Gasteiger partial charge in [-0.3, -0.25) is 4.79 Å². The highest BCUT2D eigenvalue weighted by molar-refractivity contribution is 6.06. The zero-order valence-corrected chi connectivity index (χ0v) is 25.9. The Morgan fingerprint density at radius 1 is 0.804 bits per heavy atom. The summed E-state index contributed by atoms with van der Waals surface area (Å²) < 4.78 is 0. The van der Waals surface area contributed by atoms with Gasteiger partial charge in [0, 0.05) is 86.6 Å². The maximum Gasteiger partial charge on any atom is 1.00 e. The topological polar surface area (TPSA) is 118 Å². The van der Waals surface area contributed by atoms with Gasteiger partial charge in [0.2, 0.25) is 5.91 Å². The van der Waals surface area contributed by atoms with Gasteiger partial charge in [0.05, 0.1) is 42.0 Å². The summed E-state index contributed by atoms with van der Waals surface area (Å²) in [5, 5.41) is 40.5. The maximum atomic E-state index is 13.3. The van der Waals surface area contributed by atoms with E-state index in [1.807, 2.05) is 68.5 Å². The quantitative estimate of drug-likeness (QED) is 0.207. The fourth-order valence-electron chi connectivity index (χ4n) is 8.51. The first-order chi connectivity index (χ1) is 22.2. The smallest absolute Gasteiger partial charge is 0.506 e. The number of anilines is 7. The van der Waals surface area contributed by atoms with Gasteiger partial charge >= 0.3 is 1.43 Å². The van der Waals surface area contributed by atoms with Gasteiger partial charge < -0.3 is 50.5 Å². The van der Waals surface area contributed by atoms with Gasteiger partial charge in [0.1, 0.15) is 17.2 Å². The van der Waals surface area contributed by atoms with E-state index in [1.165, 1.54) is 0 Å². The van der Waals surface area contributed by atoms with E-state index >= 15 is 0 Å². The Morgan fingerprint density at radius 3 is 2.30 bits per heavy atom. The van der Waals surface area contributed by atoms with Crippen LogP contribution in [0.15, 0.2) is 48.5 Å². The number of carbonyl (C=O) groups excluding carboxylic acids is 1. The molecular weight excluding hydrogens is 582 g/mol. The highest BCUT2D eigenvalue weighted by atomic mass is 16.3. The molecule has 5 heterocycles.